The van der Waals surface area contributed by atoms with Crippen molar-refractivity contribution in [1.29, 1.82) is 0 Å². The lowest BCUT2D eigenvalue weighted by molar-refractivity contribution is 0.176. The Morgan fingerprint density at radius 3 is 2.35 bits per heavy atom. The van der Waals surface area contributed by atoms with Gasteiger partial charge in [0.25, 0.3) is 0 Å². The van der Waals surface area contributed by atoms with E-state index in [4.69, 9.17) is 0 Å². The molecule has 5 heteroatoms. The Labute approximate surface area is 122 Å². The van der Waals surface area contributed by atoms with Crippen molar-refractivity contribution in [3.63, 3.8) is 0 Å². The van der Waals surface area contributed by atoms with Crippen LogP contribution in [0.1, 0.15) is 52.3 Å². The molecule has 3 N–H and O–H groups in total. The van der Waals surface area contributed by atoms with Gasteiger partial charge in [-0.1, -0.05) is 27.2 Å². The van der Waals surface area contributed by atoms with Crippen molar-refractivity contribution in [2.45, 2.75) is 59.0 Å². The van der Waals surface area contributed by atoms with Gasteiger partial charge in [0.05, 0.1) is 6.10 Å². The topological polar surface area (TPSA) is 70.1 Å². The predicted molar refractivity (Wildman–Crippen MR) is 84.2 cm³/mol. The van der Waals surface area contributed by atoms with E-state index in [9.17, 15) is 5.11 Å². The van der Waals surface area contributed by atoms with Crippen molar-refractivity contribution in [3.8, 4) is 0 Å². The summed E-state index contributed by atoms with van der Waals surface area (Å²) in [6.45, 7) is 7.75. The molecule has 1 unspecified atom stereocenters. The molecule has 0 fully saturated rings. The van der Waals surface area contributed by atoms with Crippen LogP contribution in [0.5, 0.6) is 0 Å². The lowest BCUT2D eigenvalue weighted by Crippen LogP contribution is -2.20. The molecule has 1 rings (SSSR count). The first-order chi connectivity index (χ1) is 9.69. The third-order valence-corrected chi connectivity index (χ3v) is 2.94. The maximum absolute atomic E-state index is 9.77. The number of hydrogen-bond acceptors (Lipinski definition) is 5. The van der Waals surface area contributed by atoms with E-state index in [2.05, 4.69) is 41.4 Å². The number of hydrogen-bond donors (Lipinski definition) is 3. The summed E-state index contributed by atoms with van der Waals surface area (Å²) in [6.07, 6.45) is 4.42. The zero-order valence-electron chi connectivity index (χ0n) is 12.9. The van der Waals surface area contributed by atoms with Gasteiger partial charge >= 0.3 is 0 Å². The summed E-state index contributed by atoms with van der Waals surface area (Å²) in [5, 5.41) is 16.3. The Bertz CT molecular complexity index is 384. The lowest BCUT2D eigenvalue weighted by atomic mass is 10.2. The molecule has 114 valence electrons. The molecule has 0 aromatic carbocycles. The molecular formula is C15H28N4O. The standard InChI is InChI=1S/C15H28N4O/c1-4-7-12(20)11-17-15-10-14(16-9-6-3)18-13(19-15)8-5-2/h10,12,20H,4-9,11H2,1-3H3,(H2,16,17,18,19). The number of nitrogens with one attached hydrogen (secondary N) is 2. The van der Waals surface area contributed by atoms with E-state index in [1.165, 1.54) is 0 Å². The van der Waals surface area contributed by atoms with Crippen molar-refractivity contribution >= 4 is 11.6 Å². The zero-order valence-corrected chi connectivity index (χ0v) is 12.9. The SMILES string of the molecule is CCCNc1cc(NCC(O)CCC)nc(CCC)n1. The van der Waals surface area contributed by atoms with Crippen LogP contribution in [0.15, 0.2) is 6.07 Å². The molecule has 0 spiro atoms. The molecule has 5 nitrogen and oxygen atoms in total. The van der Waals surface area contributed by atoms with Gasteiger partial charge < -0.3 is 15.7 Å². The molecule has 1 heterocycles. The second kappa shape index (κ2) is 9.53. The average molecular weight is 280 g/mol. The lowest BCUT2D eigenvalue weighted by Gasteiger charge is -2.13. The molecule has 1 aromatic heterocycles. The predicted octanol–water partition coefficient (Wildman–Crippen LogP) is 2.82. The molecule has 0 amide bonds. The largest absolute Gasteiger partial charge is 0.391 e. The van der Waals surface area contributed by atoms with Crippen LogP contribution in [0.3, 0.4) is 0 Å². The minimum absolute atomic E-state index is 0.323. The fourth-order valence-electron chi connectivity index (χ4n) is 1.92. The van der Waals surface area contributed by atoms with Crippen molar-refractivity contribution in [2.24, 2.45) is 0 Å². The van der Waals surface area contributed by atoms with E-state index < -0.39 is 0 Å². The van der Waals surface area contributed by atoms with Crippen molar-refractivity contribution in [1.82, 2.24) is 9.97 Å². The minimum Gasteiger partial charge on any atom is -0.391 e. The molecular weight excluding hydrogens is 252 g/mol. The van der Waals surface area contributed by atoms with E-state index in [0.29, 0.717) is 6.54 Å². The molecule has 0 aliphatic rings. The maximum Gasteiger partial charge on any atom is 0.133 e. The summed E-state index contributed by atoms with van der Waals surface area (Å²) in [4.78, 5) is 8.99. The normalized spacial score (nSPS) is 12.2. The molecule has 0 saturated heterocycles. The molecule has 0 aliphatic carbocycles. The van der Waals surface area contributed by atoms with Crippen LogP contribution in [0, 0.1) is 0 Å². The smallest absolute Gasteiger partial charge is 0.133 e. The van der Waals surface area contributed by atoms with Crippen molar-refractivity contribution in [2.75, 3.05) is 23.7 Å². The van der Waals surface area contributed by atoms with E-state index in [0.717, 1.165) is 56.1 Å². The van der Waals surface area contributed by atoms with Crippen LogP contribution >= 0.6 is 0 Å². The summed E-state index contributed by atoms with van der Waals surface area (Å²) >= 11 is 0. The first-order valence-electron chi connectivity index (χ1n) is 7.73. The van der Waals surface area contributed by atoms with Crippen LogP contribution < -0.4 is 10.6 Å². The molecule has 1 aromatic rings. The number of anilines is 2. The molecule has 0 radical (unpaired) electrons. The van der Waals surface area contributed by atoms with Crippen LogP contribution in [0.2, 0.25) is 0 Å². The summed E-state index contributed by atoms with van der Waals surface area (Å²) in [6, 6.07) is 1.91. The molecule has 20 heavy (non-hydrogen) atoms. The second-order valence-electron chi connectivity index (χ2n) is 5.05. The van der Waals surface area contributed by atoms with Crippen LogP contribution in [0.25, 0.3) is 0 Å². The highest BCUT2D eigenvalue weighted by atomic mass is 16.3. The van der Waals surface area contributed by atoms with E-state index in [1.807, 2.05) is 6.07 Å². The van der Waals surface area contributed by atoms with Gasteiger partial charge in [0, 0.05) is 25.6 Å². The number of nitrogens with zero attached hydrogens (tertiary/aromatic N) is 2. The maximum atomic E-state index is 9.77. The fourth-order valence-corrected chi connectivity index (χ4v) is 1.92. The Balaban J connectivity index is 2.69. The summed E-state index contributed by atoms with van der Waals surface area (Å²) in [5.74, 6) is 2.50. The van der Waals surface area contributed by atoms with E-state index in [-0.39, 0.29) is 6.10 Å². The highest BCUT2D eigenvalue weighted by Gasteiger charge is 2.06. The van der Waals surface area contributed by atoms with Gasteiger partial charge in [-0.15, -0.1) is 0 Å². The Morgan fingerprint density at radius 2 is 1.75 bits per heavy atom. The van der Waals surface area contributed by atoms with Gasteiger partial charge in [-0.05, 0) is 19.3 Å². The van der Waals surface area contributed by atoms with E-state index >= 15 is 0 Å². The number of aliphatic hydroxyl groups is 1. The molecule has 0 bridgehead atoms. The highest BCUT2D eigenvalue weighted by Crippen LogP contribution is 2.13. The van der Waals surface area contributed by atoms with Crippen molar-refractivity contribution in [3.05, 3.63) is 11.9 Å². The van der Waals surface area contributed by atoms with Crippen molar-refractivity contribution < 1.29 is 5.11 Å². The minimum atomic E-state index is -0.323. The first-order valence-corrected chi connectivity index (χ1v) is 7.73. The number of aromatic nitrogens is 2. The van der Waals surface area contributed by atoms with Gasteiger partial charge in [0.15, 0.2) is 0 Å². The van der Waals surface area contributed by atoms with Gasteiger partial charge in [-0.2, -0.15) is 0 Å². The quantitative estimate of drug-likeness (QED) is 0.615. The average Bonchev–Trinajstić information content (AvgIpc) is 2.43. The van der Waals surface area contributed by atoms with E-state index in [1.54, 1.807) is 0 Å². The van der Waals surface area contributed by atoms with Crippen LogP contribution in [0.4, 0.5) is 11.6 Å². The van der Waals surface area contributed by atoms with Gasteiger partial charge in [-0.25, -0.2) is 9.97 Å². The Hall–Kier alpha value is -1.36. The monoisotopic (exact) mass is 280 g/mol. The summed E-state index contributed by atoms with van der Waals surface area (Å²) in [7, 11) is 0. The number of aliphatic hydroxyl groups excluding tert-OH is 1. The summed E-state index contributed by atoms with van der Waals surface area (Å²) in [5.41, 5.74) is 0. The first kappa shape index (κ1) is 16.7. The zero-order chi connectivity index (χ0) is 14.8. The number of rotatable bonds is 10. The third-order valence-electron chi connectivity index (χ3n) is 2.94. The Morgan fingerprint density at radius 1 is 1.05 bits per heavy atom. The second-order valence-corrected chi connectivity index (χ2v) is 5.05. The molecule has 0 saturated carbocycles. The highest BCUT2D eigenvalue weighted by molar-refractivity contribution is 5.47. The van der Waals surface area contributed by atoms with Gasteiger partial charge in [0.1, 0.15) is 17.5 Å². The van der Waals surface area contributed by atoms with Crippen LogP contribution in [-0.4, -0.2) is 34.3 Å². The molecule has 1 atom stereocenters. The summed E-state index contributed by atoms with van der Waals surface area (Å²) < 4.78 is 0. The third kappa shape index (κ3) is 6.19. The Kier molecular flexibility index (Phi) is 7.95. The molecule has 0 aliphatic heterocycles. The number of aryl methyl sites for hydroxylation is 1. The van der Waals surface area contributed by atoms with Gasteiger partial charge in [-0.3, -0.25) is 0 Å². The van der Waals surface area contributed by atoms with Gasteiger partial charge in [0.2, 0.25) is 0 Å². The van der Waals surface area contributed by atoms with Crippen LogP contribution in [-0.2, 0) is 6.42 Å². The fraction of sp³-hybridized carbons (Fsp3) is 0.733.